The van der Waals surface area contributed by atoms with Gasteiger partial charge in [-0.15, -0.1) is 10.2 Å². The summed E-state index contributed by atoms with van der Waals surface area (Å²) in [6.45, 7) is 2.55. The van der Waals surface area contributed by atoms with Gasteiger partial charge in [-0.05, 0) is 31.3 Å². The summed E-state index contributed by atoms with van der Waals surface area (Å²) in [7, 11) is 3.52. The first-order chi connectivity index (χ1) is 16.4. The molecule has 8 nitrogen and oxygen atoms in total. The van der Waals surface area contributed by atoms with Crippen LogP contribution in [-0.2, 0) is 6.54 Å². The van der Waals surface area contributed by atoms with Gasteiger partial charge in [0.05, 0.1) is 13.7 Å². The van der Waals surface area contributed by atoms with Gasteiger partial charge in [0.2, 0.25) is 5.89 Å². The average molecular weight is 475 g/mol. The van der Waals surface area contributed by atoms with Gasteiger partial charge in [0.25, 0.3) is 5.89 Å². The summed E-state index contributed by atoms with van der Waals surface area (Å²) in [5.41, 5.74) is 0.965. The van der Waals surface area contributed by atoms with Crippen molar-refractivity contribution in [1.29, 1.82) is 0 Å². The summed E-state index contributed by atoms with van der Waals surface area (Å²) in [6, 6.07) is 10.8. The van der Waals surface area contributed by atoms with Gasteiger partial charge in [0, 0.05) is 49.1 Å². The second-order valence-corrected chi connectivity index (χ2v) is 7.91. The number of carbonyl (C=O) groups excluding carboxylic acids is 1. The molecule has 180 valence electrons. The standard InChI is InChI=1S/C23H24F3N5O3/c1-29-8-10-30(11-9-29)23(32)31(17-4-3-5-18(13-17)33-2)14-16-7-6-15(12-19(16)24)21-27-28-22(34-21)20(25)26/h3-7,12-13,20H,8-11,14H2,1-2H3. The van der Waals surface area contributed by atoms with Crippen LogP contribution in [-0.4, -0.2) is 66.4 Å². The molecular formula is C23H24F3N5O3. The number of benzene rings is 2. The maximum absolute atomic E-state index is 15.1. The first kappa shape index (κ1) is 23.6. The second-order valence-electron chi connectivity index (χ2n) is 7.91. The average Bonchev–Trinajstić information content (AvgIpc) is 3.34. The Hall–Kier alpha value is -3.60. The lowest BCUT2D eigenvalue weighted by molar-refractivity contribution is 0.116. The number of hydrogen-bond acceptors (Lipinski definition) is 6. The van der Waals surface area contributed by atoms with E-state index in [9.17, 15) is 13.6 Å². The van der Waals surface area contributed by atoms with Crippen molar-refractivity contribution in [3.63, 3.8) is 0 Å². The molecule has 0 unspecified atom stereocenters. The Balaban J connectivity index is 1.62. The van der Waals surface area contributed by atoms with Crippen LogP contribution < -0.4 is 9.64 Å². The molecule has 0 atom stereocenters. The number of likely N-dealkylation sites (N-methyl/N-ethyl adjacent to an activating group) is 1. The molecule has 0 N–H and O–H groups in total. The van der Waals surface area contributed by atoms with Crippen LogP contribution >= 0.6 is 0 Å². The zero-order valence-electron chi connectivity index (χ0n) is 18.7. The number of piperazine rings is 1. The van der Waals surface area contributed by atoms with E-state index in [0.29, 0.717) is 24.5 Å². The molecule has 0 saturated carbocycles. The number of hydrogen-bond donors (Lipinski definition) is 0. The fourth-order valence-corrected chi connectivity index (χ4v) is 3.63. The Morgan fingerprint density at radius 2 is 1.91 bits per heavy atom. The molecule has 1 aliphatic heterocycles. The number of amides is 2. The Labute approximate surface area is 194 Å². The normalized spacial score (nSPS) is 14.5. The number of ether oxygens (including phenoxy) is 1. The molecule has 0 bridgehead atoms. The number of alkyl halides is 2. The zero-order chi connectivity index (χ0) is 24.2. The maximum Gasteiger partial charge on any atom is 0.324 e. The predicted octanol–water partition coefficient (Wildman–Crippen LogP) is 4.20. The molecular weight excluding hydrogens is 451 g/mol. The van der Waals surface area contributed by atoms with Crippen LogP contribution in [0.5, 0.6) is 5.75 Å². The van der Waals surface area contributed by atoms with Gasteiger partial charge in [0.1, 0.15) is 11.6 Å². The molecule has 0 spiro atoms. The summed E-state index contributed by atoms with van der Waals surface area (Å²) in [4.78, 5) is 18.8. The van der Waals surface area contributed by atoms with E-state index in [2.05, 4.69) is 15.1 Å². The van der Waals surface area contributed by atoms with Gasteiger partial charge in [-0.2, -0.15) is 8.78 Å². The topological polar surface area (TPSA) is 74.9 Å². The summed E-state index contributed by atoms with van der Waals surface area (Å²) in [6.07, 6.45) is -2.91. The summed E-state index contributed by atoms with van der Waals surface area (Å²) in [5.74, 6) is -1.11. The van der Waals surface area contributed by atoms with Crippen LogP contribution in [0.3, 0.4) is 0 Å². The minimum absolute atomic E-state index is 0.0451. The number of nitrogens with zero attached hydrogens (tertiary/aromatic N) is 5. The largest absolute Gasteiger partial charge is 0.497 e. The Morgan fingerprint density at radius 1 is 1.15 bits per heavy atom. The first-order valence-electron chi connectivity index (χ1n) is 10.6. The van der Waals surface area contributed by atoms with Crippen molar-refractivity contribution in [2.24, 2.45) is 0 Å². The van der Waals surface area contributed by atoms with Gasteiger partial charge in [-0.1, -0.05) is 12.1 Å². The van der Waals surface area contributed by atoms with E-state index in [0.717, 1.165) is 19.2 Å². The minimum Gasteiger partial charge on any atom is -0.497 e. The Kier molecular flexibility index (Phi) is 7.01. The number of rotatable bonds is 6. The van der Waals surface area contributed by atoms with Crippen LogP contribution in [0.4, 0.5) is 23.7 Å². The number of carbonyl (C=O) groups is 1. The molecule has 3 aromatic rings. The molecule has 4 rings (SSSR count). The van der Waals surface area contributed by atoms with Crippen molar-refractivity contribution in [3.05, 3.63) is 59.7 Å². The molecule has 2 heterocycles. The second kappa shape index (κ2) is 10.1. The van der Waals surface area contributed by atoms with E-state index in [1.54, 1.807) is 29.2 Å². The lowest BCUT2D eigenvalue weighted by atomic mass is 10.1. The summed E-state index contributed by atoms with van der Waals surface area (Å²) < 4.78 is 50.7. The molecule has 34 heavy (non-hydrogen) atoms. The SMILES string of the molecule is COc1cccc(N(Cc2ccc(-c3nnc(C(F)F)o3)cc2F)C(=O)N2CCN(C)CC2)c1. The van der Waals surface area contributed by atoms with Crippen LogP contribution in [0.2, 0.25) is 0 Å². The highest BCUT2D eigenvalue weighted by molar-refractivity contribution is 5.92. The predicted molar refractivity (Wildman–Crippen MR) is 118 cm³/mol. The number of halogens is 3. The van der Waals surface area contributed by atoms with Crippen LogP contribution in [0, 0.1) is 5.82 Å². The fraction of sp³-hybridized carbons (Fsp3) is 0.348. The molecule has 2 amide bonds. The quantitative estimate of drug-likeness (QED) is 0.532. The van der Waals surface area contributed by atoms with Gasteiger partial charge >= 0.3 is 12.5 Å². The van der Waals surface area contributed by atoms with Gasteiger partial charge < -0.3 is 19.0 Å². The van der Waals surface area contributed by atoms with Crippen LogP contribution in [0.15, 0.2) is 46.9 Å². The molecule has 1 fully saturated rings. The van der Waals surface area contributed by atoms with Crippen molar-refractivity contribution in [2.75, 3.05) is 45.2 Å². The number of urea groups is 1. The van der Waals surface area contributed by atoms with Crippen molar-refractivity contribution < 1.29 is 27.1 Å². The monoisotopic (exact) mass is 475 g/mol. The van der Waals surface area contributed by atoms with E-state index >= 15 is 4.39 Å². The molecule has 1 aliphatic rings. The minimum atomic E-state index is -2.91. The van der Waals surface area contributed by atoms with E-state index in [1.807, 2.05) is 7.05 Å². The van der Waals surface area contributed by atoms with E-state index < -0.39 is 18.1 Å². The molecule has 2 aromatic carbocycles. The van der Waals surface area contributed by atoms with Gasteiger partial charge in [-0.3, -0.25) is 4.90 Å². The van der Waals surface area contributed by atoms with Crippen LogP contribution in [0.25, 0.3) is 11.5 Å². The van der Waals surface area contributed by atoms with Crippen molar-refractivity contribution in [2.45, 2.75) is 13.0 Å². The molecule has 1 aromatic heterocycles. The Bertz CT molecular complexity index is 1150. The molecule has 0 radical (unpaired) electrons. The van der Waals surface area contributed by atoms with E-state index in [4.69, 9.17) is 9.15 Å². The highest BCUT2D eigenvalue weighted by Crippen LogP contribution is 2.28. The number of anilines is 1. The van der Waals surface area contributed by atoms with Gasteiger partial charge in [0.15, 0.2) is 0 Å². The maximum atomic E-state index is 15.1. The smallest absolute Gasteiger partial charge is 0.324 e. The molecule has 1 saturated heterocycles. The number of aromatic nitrogens is 2. The Morgan fingerprint density at radius 3 is 2.56 bits per heavy atom. The fourth-order valence-electron chi connectivity index (χ4n) is 3.63. The van der Waals surface area contributed by atoms with Crippen LogP contribution in [0.1, 0.15) is 17.9 Å². The summed E-state index contributed by atoms with van der Waals surface area (Å²) >= 11 is 0. The third kappa shape index (κ3) is 5.14. The molecule has 11 heteroatoms. The summed E-state index contributed by atoms with van der Waals surface area (Å²) in [5, 5.41) is 6.82. The lowest BCUT2D eigenvalue weighted by Crippen LogP contribution is -2.52. The van der Waals surface area contributed by atoms with Crippen molar-refractivity contribution >= 4 is 11.7 Å². The lowest BCUT2D eigenvalue weighted by Gasteiger charge is -2.36. The van der Waals surface area contributed by atoms with E-state index in [-0.39, 0.29) is 29.6 Å². The van der Waals surface area contributed by atoms with E-state index in [1.165, 1.54) is 24.1 Å². The number of methoxy groups -OCH3 is 1. The highest BCUT2D eigenvalue weighted by Gasteiger charge is 2.27. The molecule has 0 aliphatic carbocycles. The first-order valence-corrected chi connectivity index (χ1v) is 10.6. The van der Waals surface area contributed by atoms with Gasteiger partial charge in [-0.25, -0.2) is 9.18 Å². The zero-order valence-corrected chi connectivity index (χ0v) is 18.7. The van der Waals surface area contributed by atoms with Crippen molar-refractivity contribution in [3.8, 4) is 17.2 Å². The third-order valence-corrected chi connectivity index (χ3v) is 5.63. The third-order valence-electron chi connectivity index (χ3n) is 5.63. The van der Waals surface area contributed by atoms with Crippen molar-refractivity contribution in [1.82, 2.24) is 20.0 Å². The highest BCUT2D eigenvalue weighted by atomic mass is 19.3.